The van der Waals surface area contributed by atoms with Crippen molar-refractivity contribution in [1.82, 2.24) is 19.9 Å². The van der Waals surface area contributed by atoms with Crippen LogP contribution in [0.2, 0.25) is 0 Å². The average molecular weight is 279 g/mol. The van der Waals surface area contributed by atoms with Gasteiger partial charge in [0.2, 0.25) is 23.8 Å². The molecule has 20 heavy (non-hydrogen) atoms. The molecule has 1 aromatic heterocycles. The molecular formula is C12H21N7O. The van der Waals surface area contributed by atoms with Crippen molar-refractivity contribution >= 4 is 23.8 Å². The van der Waals surface area contributed by atoms with E-state index in [1.54, 1.807) is 11.9 Å². The Morgan fingerprint density at radius 3 is 2.60 bits per heavy atom. The second kappa shape index (κ2) is 5.89. The molecule has 2 rings (SSSR count). The van der Waals surface area contributed by atoms with Crippen LogP contribution in [0.4, 0.5) is 17.8 Å². The third-order valence-electron chi connectivity index (χ3n) is 3.42. The third-order valence-corrected chi connectivity index (χ3v) is 3.42. The van der Waals surface area contributed by atoms with Crippen molar-refractivity contribution in [3.05, 3.63) is 0 Å². The van der Waals surface area contributed by atoms with E-state index >= 15 is 0 Å². The Kier molecular flexibility index (Phi) is 4.21. The number of hydrogen-bond acceptors (Lipinski definition) is 7. The van der Waals surface area contributed by atoms with Crippen LogP contribution in [0.25, 0.3) is 0 Å². The number of likely N-dealkylation sites (N-methyl/N-ethyl adjacent to an activating group) is 1. The van der Waals surface area contributed by atoms with Gasteiger partial charge in [0.15, 0.2) is 0 Å². The van der Waals surface area contributed by atoms with Gasteiger partial charge in [-0.1, -0.05) is 0 Å². The second-order valence-electron chi connectivity index (χ2n) is 4.73. The first kappa shape index (κ1) is 14.3. The number of nitrogen functional groups attached to an aromatic ring is 1. The van der Waals surface area contributed by atoms with Crippen molar-refractivity contribution in [2.75, 3.05) is 42.6 Å². The van der Waals surface area contributed by atoms with E-state index in [9.17, 15) is 4.79 Å². The maximum Gasteiger partial charge on any atom is 0.244 e. The molecule has 1 aliphatic rings. The van der Waals surface area contributed by atoms with Gasteiger partial charge in [-0.3, -0.25) is 4.79 Å². The zero-order valence-corrected chi connectivity index (χ0v) is 12.1. The number of nitrogens with one attached hydrogen (secondary N) is 1. The predicted octanol–water partition coefficient (Wildman–Crippen LogP) is -0.0574. The summed E-state index contributed by atoms with van der Waals surface area (Å²) in [5, 5.41) is 3.05. The SMILES string of the molecule is CCN(CC)c1nc(N)nc(NC2CCN(C)C2=O)n1. The number of aromatic nitrogens is 3. The Labute approximate surface area is 118 Å². The number of carbonyl (C=O) groups excluding carboxylic acids is 1. The number of nitrogens with two attached hydrogens (primary N) is 1. The number of carbonyl (C=O) groups is 1. The highest BCUT2D eigenvalue weighted by atomic mass is 16.2. The lowest BCUT2D eigenvalue weighted by Gasteiger charge is -2.19. The first-order valence-electron chi connectivity index (χ1n) is 6.83. The molecule has 1 amide bonds. The van der Waals surface area contributed by atoms with E-state index in [1.165, 1.54) is 0 Å². The standard InChI is InChI=1S/C12H21N7O/c1-4-19(5-2)12-16-10(13)15-11(17-12)14-8-6-7-18(3)9(8)20/h8H,4-7H2,1-3H3,(H3,13,14,15,16,17). The summed E-state index contributed by atoms with van der Waals surface area (Å²) >= 11 is 0. The predicted molar refractivity (Wildman–Crippen MR) is 77.5 cm³/mol. The smallest absolute Gasteiger partial charge is 0.244 e. The summed E-state index contributed by atoms with van der Waals surface area (Å²) in [4.78, 5) is 28.1. The van der Waals surface area contributed by atoms with E-state index in [1.807, 2.05) is 18.7 Å². The number of amides is 1. The van der Waals surface area contributed by atoms with Gasteiger partial charge in [-0.2, -0.15) is 15.0 Å². The molecule has 8 heteroatoms. The minimum Gasteiger partial charge on any atom is -0.368 e. The lowest BCUT2D eigenvalue weighted by molar-refractivity contribution is -0.127. The zero-order chi connectivity index (χ0) is 14.7. The van der Waals surface area contributed by atoms with Crippen LogP contribution in [-0.4, -0.2) is 58.5 Å². The summed E-state index contributed by atoms with van der Waals surface area (Å²) < 4.78 is 0. The Hall–Kier alpha value is -2.12. The summed E-state index contributed by atoms with van der Waals surface area (Å²) in [6.07, 6.45) is 0.738. The quantitative estimate of drug-likeness (QED) is 0.779. The molecule has 0 aliphatic carbocycles. The van der Waals surface area contributed by atoms with Gasteiger partial charge in [0.25, 0.3) is 0 Å². The molecule has 2 heterocycles. The van der Waals surface area contributed by atoms with Crippen molar-refractivity contribution in [2.45, 2.75) is 26.3 Å². The van der Waals surface area contributed by atoms with Crippen LogP contribution in [0.1, 0.15) is 20.3 Å². The third kappa shape index (κ3) is 2.89. The molecule has 1 fully saturated rings. The molecule has 1 atom stereocenters. The first-order valence-corrected chi connectivity index (χ1v) is 6.83. The van der Waals surface area contributed by atoms with E-state index in [0.29, 0.717) is 11.9 Å². The molecule has 8 nitrogen and oxygen atoms in total. The molecule has 0 spiro atoms. The number of nitrogens with zero attached hydrogens (tertiary/aromatic N) is 5. The summed E-state index contributed by atoms with van der Waals surface area (Å²) in [5.74, 6) is 1.09. The van der Waals surface area contributed by atoms with Crippen LogP contribution in [0, 0.1) is 0 Å². The Morgan fingerprint density at radius 1 is 1.35 bits per heavy atom. The maximum atomic E-state index is 11.9. The van der Waals surface area contributed by atoms with E-state index in [2.05, 4.69) is 20.3 Å². The fraction of sp³-hybridized carbons (Fsp3) is 0.667. The van der Waals surface area contributed by atoms with Crippen LogP contribution in [0.3, 0.4) is 0 Å². The van der Waals surface area contributed by atoms with Gasteiger partial charge in [-0.25, -0.2) is 0 Å². The summed E-state index contributed by atoms with van der Waals surface area (Å²) in [7, 11) is 1.78. The van der Waals surface area contributed by atoms with Gasteiger partial charge >= 0.3 is 0 Å². The number of hydrogen-bond donors (Lipinski definition) is 2. The van der Waals surface area contributed by atoms with Crippen LogP contribution in [0.15, 0.2) is 0 Å². The van der Waals surface area contributed by atoms with Gasteiger partial charge in [0.1, 0.15) is 6.04 Å². The van der Waals surface area contributed by atoms with Gasteiger partial charge in [-0.15, -0.1) is 0 Å². The van der Waals surface area contributed by atoms with Crippen molar-refractivity contribution in [3.63, 3.8) is 0 Å². The van der Waals surface area contributed by atoms with Crippen molar-refractivity contribution in [3.8, 4) is 0 Å². The molecule has 0 aromatic carbocycles. The lowest BCUT2D eigenvalue weighted by Crippen LogP contribution is -2.32. The Morgan fingerprint density at radius 2 is 2.05 bits per heavy atom. The highest BCUT2D eigenvalue weighted by Crippen LogP contribution is 2.16. The fourth-order valence-corrected chi connectivity index (χ4v) is 2.21. The van der Waals surface area contributed by atoms with Crippen LogP contribution >= 0.6 is 0 Å². The normalized spacial score (nSPS) is 18.4. The van der Waals surface area contributed by atoms with Crippen molar-refractivity contribution < 1.29 is 4.79 Å². The number of rotatable bonds is 5. The number of likely N-dealkylation sites (tertiary alicyclic amines) is 1. The Bertz CT molecular complexity index is 489. The minimum absolute atomic E-state index is 0.0494. The van der Waals surface area contributed by atoms with E-state index in [4.69, 9.17) is 5.73 Å². The molecule has 0 bridgehead atoms. The highest BCUT2D eigenvalue weighted by molar-refractivity contribution is 5.86. The maximum absolute atomic E-state index is 11.9. The van der Waals surface area contributed by atoms with E-state index < -0.39 is 0 Å². The second-order valence-corrected chi connectivity index (χ2v) is 4.73. The average Bonchev–Trinajstić information content (AvgIpc) is 2.72. The molecule has 110 valence electrons. The molecule has 0 radical (unpaired) electrons. The highest BCUT2D eigenvalue weighted by Gasteiger charge is 2.29. The molecule has 1 unspecified atom stereocenters. The largest absolute Gasteiger partial charge is 0.368 e. The minimum atomic E-state index is -0.286. The fourth-order valence-electron chi connectivity index (χ4n) is 2.21. The molecule has 0 saturated carbocycles. The first-order chi connectivity index (χ1) is 9.55. The molecule has 1 aromatic rings. The molecule has 1 aliphatic heterocycles. The van der Waals surface area contributed by atoms with Crippen molar-refractivity contribution in [1.29, 1.82) is 0 Å². The molecule has 3 N–H and O–H groups in total. The van der Waals surface area contributed by atoms with Crippen molar-refractivity contribution in [2.24, 2.45) is 0 Å². The molecule has 1 saturated heterocycles. The summed E-state index contributed by atoms with van der Waals surface area (Å²) in [6.45, 7) is 6.34. The molecular weight excluding hydrogens is 258 g/mol. The van der Waals surface area contributed by atoms with Crippen LogP contribution < -0.4 is 16.0 Å². The lowest BCUT2D eigenvalue weighted by atomic mass is 10.2. The van der Waals surface area contributed by atoms with Gasteiger partial charge < -0.3 is 20.9 Å². The van der Waals surface area contributed by atoms with Crippen LogP contribution in [0.5, 0.6) is 0 Å². The van der Waals surface area contributed by atoms with Gasteiger partial charge in [0.05, 0.1) is 0 Å². The van der Waals surface area contributed by atoms with E-state index in [-0.39, 0.29) is 17.9 Å². The van der Waals surface area contributed by atoms with Crippen LogP contribution in [-0.2, 0) is 4.79 Å². The zero-order valence-electron chi connectivity index (χ0n) is 12.1. The Balaban J connectivity index is 2.18. The summed E-state index contributed by atoms with van der Waals surface area (Å²) in [5.41, 5.74) is 5.72. The monoisotopic (exact) mass is 279 g/mol. The van der Waals surface area contributed by atoms with E-state index in [0.717, 1.165) is 26.1 Å². The van der Waals surface area contributed by atoms with Gasteiger partial charge in [-0.05, 0) is 20.3 Å². The summed E-state index contributed by atoms with van der Waals surface area (Å²) in [6, 6.07) is -0.286. The van der Waals surface area contributed by atoms with Gasteiger partial charge in [0, 0.05) is 26.7 Å². The number of anilines is 3. The topological polar surface area (TPSA) is 100 Å².